The van der Waals surface area contributed by atoms with Gasteiger partial charge in [-0.25, -0.2) is 4.68 Å². The molecule has 0 radical (unpaired) electrons. The first-order valence-electron chi connectivity index (χ1n) is 6.42. The van der Waals surface area contributed by atoms with Crippen LogP contribution in [0.3, 0.4) is 0 Å². The van der Waals surface area contributed by atoms with Crippen molar-refractivity contribution in [2.24, 2.45) is 0 Å². The molecule has 21 heavy (non-hydrogen) atoms. The second kappa shape index (κ2) is 5.47. The second-order valence-electron chi connectivity index (χ2n) is 4.69. The molecule has 0 saturated carbocycles. The molecule has 1 aromatic heterocycles. The Kier molecular flexibility index (Phi) is 3.51. The van der Waals surface area contributed by atoms with Gasteiger partial charge in [0.2, 0.25) is 0 Å². The Morgan fingerprint density at radius 3 is 2.71 bits per heavy atom. The zero-order valence-corrected chi connectivity index (χ0v) is 11.0. The largest absolute Gasteiger partial charge is 0.488 e. The van der Waals surface area contributed by atoms with E-state index in [4.69, 9.17) is 10.0 Å². The standard InChI is InChI=1S/C14H12BN3O3/c19-14-12-6-1-2-7-13(12)16-17-18(14)9-10-4-3-5-11(8-10)15(20)21/h1-8,20-21H,9H2. The SMILES string of the molecule is O=c1c2ccccc2nnn1Cc1cccc(B(O)O)c1. The molecule has 0 fully saturated rings. The van der Waals surface area contributed by atoms with Crippen LogP contribution in [-0.2, 0) is 6.54 Å². The molecule has 0 aliphatic rings. The van der Waals surface area contributed by atoms with E-state index in [9.17, 15) is 4.79 Å². The summed E-state index contributed by atoms with van der Waals surface area (Å²) in [5, 5.41) is 26.8. The van der Waals surface area contributed by atoms with Crippen LogP contribution in [0.2, 0.25) is 0 Å². The highest BCUT2D eigenvalue weighted by Gasteiger charge is 2.11. The van der Waals surface area contributed by atoms with Crippen LogP contribution < -0.4 is 11.0 Å². The third kappa shape index (κ3) is 2.69. The molecule has 104 valence electrons. The van der Waals surface area contributed by atoms with Crippen LogP contribution in [0.5, 0.6) is 0 Å². The molecule has 0 aliphatic heterocycles. The minimum atomic E-state index is -1.54. The van der Waals surface area contributed by atoms with Gasteiger partial charge in [0.1, 0.15) is 5.52 Å². The Hall–Kier alpha value is -2.51. The summed E-state index contributed by atoms with van der Waals surface area (Å²) in [4.78, 5) is 12.3. The van der Waals surface area contributed by atoms with Gasteiger partial charge in [-0.3, -0.25) is 4.79 Å². The van der Waals surface area contributed by atoms with Gasteiger partial charge in [0, 0.05) is 0 Å². The van der Waals surface area contributed by atoms with E-state index in [1.165, 1.54) is 4.68 Å². The van der Waals surface area contributed by atoms with Gasteiger partial charge in [0.25, 0.3) is 5.56 Å². The zero-order valence-electron chi connectivity index (χ0n) is 11.0. The highest BCUT2D eigenvalue weighted by molar-refractivity contribution is 6.58. The molecule has 3 aromatic rings. The number of rotatable bonds is 3. The molecule has 1 heterocycles. The minimum Gasteiger partial charge on any atom is -0.423 e. The molecule has 0 amide bonds. The lowest BCUT2D eigenvalue weighted by atomic mass is 9.80. The molecule has 0 saturated heterocycles. The lowest BCUT2D eigenvalue weighted by molar-refractivity contribution is 0.425. The van der Waals surface area contributed by atoms with Crippen molar-refractivity contribution in [1.82, 2.24) is 15.0 Å². The van der Waals surface area contributed by atoms with Crippen molar-refractivity contribution < 1.29 is 10.0 Å². The third-order valence-electron chi connectivity index (χ3n) is 3.21. The molecule has 0 atom stereocenters. The average Bonchev–Trinajstić information content (AvgIpc) is 2.51. The summed E-state index contributed by atoms with van der Waals surface area (Å²) in [5.41, 5.74) is 1.44. The Balaban J connectivity index is 2.00. The number of fused-ring (bicyclic) bond motifs is 1. The molecule has 0 spiro atoms. The van der Waals surface area contributed by atoms with Gasteiger partial charge in [-0.2, -0.15) is 0 Å². The number of hydrogen-bond donors (Lipinski definition) is 2. The minimum absolute atomic E-state index is 0.219. The van der Waals surface area contributed by atoms with Gasteiger partial charge in [0.15, 0.2) is 0 Å². The van der Waals surface area contributed by atoms with Crippen molar-refractivity contribution in [3.05, 3.63) is 64.4 Å². The van der Waals surface area contributed by atoms with Crippen LogP contribution >= 0.6 is 0 Å². The maximum absolute atomic E-state index is 12.3. The van der Waals surface area contributed by atoms with E-state index in [1.807, 2.05) is 0 Å². The monoisotopic (exact) mass is 281 g/mol. The van der Waals surface area contributed by atoms with Crippen LogP contribution in [0.25, 0.3) is 10.9 Å². The van der Waals surface area contributed by atoms with Gasteiger partial charge in [0.05, 0.1) is 11.9 Å². The van der Waals surface area contributed by atoms with Crippen LogP contribution in [0.15, 0.2) is 53.3 Å². The van der Waals surface area contributed by atoms with E-state index >= 15 is 0 Å². The third-order valence-corrected chi connectivity index (χ3v) is 3.21. The lowest BCUT2D eigenvalue weighted by Crippen LogP contribution is -2.30. The molecule has 2 aromatic carbocycles. The van der Waals surface area contributed by atoms with Crippen molar-refractivity contribution in [2.75, 3.05) is 0 Å². The van der Waals surface area contributed by atoms with Crippen molar-refractivity contribution in [3.8, 4) is 0 Å². The molecule has 3 rings (SSSR count). The summed E-state index contributed by atoms with van der Waals surface area (Å²) in [6.45, 7) is 0.219. The predicted molar refractivity (Wildman–Crippen MR) is 79.2 cm³/mol. The highest BCUT2D eigenvalue weighted by Crippen LogP contribution is 2.05. The molecular formula is C14H12BN3O3. The summed E-state index contributed by atoms with van der Waals surface area (Å²) >= 11 is 0. The van der Waals surface area contributed by atoms with Crippen molar-refractivity contribution in [3.63, 3.8) is 0 Å². The predicted octanol–water partition coefficient (Wildman–Crippen LogP) is -0.480. The maximum Gasteiger partial charge on any atom is 0.488 e. The first-order valence-corrected chi connectivity index (χ1v) is 6.42. The van der Waals surface area contributed by atoms with Gasteiger partial charge >= 0.3 is 7.12 Å². The Labute approximate surface area is 120 Å². The van der Waals surface area contributed by atoms with Gasteiger partial charge in [-0.15, -0.1) is 5.10 Å². The fourth-order valence-electron chi connectivity index (χ4n) is 2.15. The zero-order chi connectivity index (χ0) is 14.8. The van der Waals surface area contributed by atoms with Crippen LogP contribution in [-0.4, -0.2) is 32.2 Å². The van der Waals surface area contributed by atoms with Gasteiger partial charge < -0.3 is 10.0 Å². The molecular weight excluding hydrogens is 269 g/mol. The lowest BCUT2D eigenvalue weighted by Gasteiger charge is -2.06. The first-order chi connectivity index (χ1) is 10.1. The number of nitrogens with zero attached hydrogens (tertiary/aromatic N) is 3. The maximum atomic E-state index is 12.3. The van der Waals surface area contributed by atoms with Crippen LogP contribution in [0, 0.1) is 0 Å². The smallest absolute Gasteiger partial charge is 0.423 e. The van der Waals surface area contributed by atoms with Crippen molar-refractivity contribution in [1.29, 1.82) is 0 Å². The average molecular weight is 281 g/mol. The quantitative estimate of drug-likeness (QED) is 0.633. The van der Waals surface area contributed by atoms with Gasteiger partial charge in [-0.1, -0.05) is 41.6 Å². The van der Waals surface area contributed by atoms with Crippen molar-refractivity contribution in [2.45, 2.75) is 6.54 Å². The number of hydrogen-bond acceptors (Lipinski definition) is 5. The summed E-state index contributed by atoms with van der Waals surface area (Å²) < 4.78 is 1.26. The fourth-order valence-corrected chi connectivity index (χ4v) is 2.15. The molecule has 6 nitrogen and oxygen atoms in total. The van der Waals surface area contributed by atoms with Crippen LogP contribution in [0.1, 0.15) is 5.56 Å². The van der Waals surface area contributed by atoms with E-state index in [0.29, 0.717) is 16.4 Å². The molecule has 0 unspecified atom stereocenters. The summed E-state index contributed by atoms with van der Waals surface area (Å²) in [6, 6.07) is 13.7. The van der Waals surface area contributed by atoms with Crippen LogP contribution in [0.4, 0.5) is 0 Å². The highest BCUT2D eigenvalue weighted by atomic mass is 16.4. The summed E-state index contributed by atoms with van der Waals surface area (Å²) in [7, 11) is -1.54. The molecule has 2 N–H and O–H groups in total. The number of aromatic nitrogens is 3. The van der Waals surface area contributed by atoms with E-state index in [-0.39, 0.29) is 12.1 Å². The first kappa shape index (κ1) is 13.5. The summed E-state index contributed by atoms with van der Waals surface area (Å²) in [6.07, 6.45) is 0. The second-order valence-corrected chi connectivity index (χ2v) is 4.69. The van der Waals surface area contributed by atoms with E-state index < -0.39 is 7.12 Å². The topological polar surface area (TPSA) is 88.2 Å². The number of benzene rings is 2. The Bertz CT molecular complexity index is 848. The van der Waals surface area contributed by atoms with Gasteiger partial charge in [-0.05, 0) is 23.2 Å². The van der Waals surface area contributed by atoms with E-state index in [2.05, 4.69) is 10.3 Å². The van der Waals surface area contributed by atoms with E-state index in [1.54, 1.807) is 48.5 Å². The summed E-state index contributed by atoms with van der Waals surface area (Å²) in [5.74, 6) is 0. The normalized spacial score (nSPS) is 10.8. The molecule has 0 aliphatic carbocycles. The Morgan fingerprint density at radius 2 is 1.90 bits per heavy atom. The molecule has 0 bridgehead atoms. The Morgan fingerprint density at radius 1 is 1.10 bits per heavy atom. The van der Waals surface area contributed by atoms with Crippen molar-refractivity contribution >= 4 is 23.5 Å². The molecule has 7 heteroatoms. The fraction of sp³-hybridized carbons (Fsp3) is 0.0714. The van der Waals surface area contributed by atoms with E-state index in [0.717, 1.165) is 5.56 Å².